The summed E-state index contributed by atoms with van der Waals surface area (Å²) < 4.78 is 0. The number of aromatic hydroxyl groups is 1. The zero-order valence-corrected chi connectivity index (χ0v) is 17.9. The van der Waals surface area contributed by atoms with E-state index in [9.17, 15) is 14.7 Å². The van der Waals surface area contributed by atoms with E-state index in [0.717, 1.165) is 51.2 Å². The van der Waals surface area contributed by atoms with Gasteiger partial charge in [0.15, 0.2) is 0 Å². The third-order valence-electron chi connectivity index (χ3n) is 6.93. The largest absolute Gasteiger partial charge is 0.508 e. The lowest BCUT2D eigenvalue weighted by atomic mass is 10.1. The number of rotatable bonds is 8. The molecule has 6 nitrogen and oxygen atoms in total. The smallest absolute Gasteiger partial charge is 0.224 e. The van der Waals surface area contributed by atoms with E-state index in [4.69, 9.17) is 0 Å². The Kier molecular flexibility index (Phi) is 6.93. The molecule has 1 aliphatic carbocycles. The highest BCUT2D eigenvalue weighted by Gasteiger charge is 2.38. The number of hydrogen-bond acceptors (Lipinski definition) is 4. The van der Waals surface area contributed by atoms with Crippen LogP contribution in [0, 0.1) is 5.92 Å². The number of likely N-dealkylation sites (tertiary alicyclic amines) is 2. The minimum atomic E-state index is -0.0595. The molecule has 2 saturated heterocycles. The summed E-state index contributed by atoms with van der Waals surface area (Å²) in [5.74, 6) is 1.18. The van der Waals surface area contributed by atoms with Gasteiger partial charge < -0.3 is 15.3 Å². The highest BCUT2D eigenvalue weighted by atomic mass is 16.3. The highest BCUT2D eigenvalue weighted by molar-refractivity contribution is 5.79. The molecule has 2 atom stereocenters. The van der Waals surface area contributed by atoms with Gasteiger partial charge in [-0.3, -0.25) is 14.5 Å². The lowest BCUT2D eigenvalue weighted by Crippen LogP contribution is -2.46. The SMILES string of the molecule is O=C(Cc1ccccc1O)NC[C@@H]1CC[C@H](CC(=O)N2CCCCC2)N1CC1CC1. The molecule has 0 aromatic heterocycles. The number of carbonyl (C=O) groups is 2. The van der Waals surface area contributed by atoms with Gasteiger partial charge in [0, 0.05) is 50.2 Å². The fourth-order valence-electron chi connectivity index (χ4n) is 4.95. The molecule has 2 N–H and O–H groups in total. The Balaban J connectivity index is 1.30. The van der Waals surface area contributed by atoms with Crippen LogP contribution in [0.2, 0.25) is 0 Å². The van der Waals surface area contributed by atoms with Crippen molar-refractivity contribution in [2.45, 2.75) is 69.9 Å². The van der Waals surface area contributed by atoms with Gasteiger partial charge in [-0.1, -0.05) is 18.2 Å². The van der Waals surface area contributed by atoms with E-state index in [1.807, 2.05) is 6.07 Å². The van der Waals surface area contributed by atoms with Gasteiger partial charge in [-0.25, -0.2) is 0 Å². The highest BCUT2D eigenvalue weighted by Crippen LogP contribution is 2.35. The summed E-state index contributed by atoms with van der Waals surface area (Å²) in [5, 5.41) is 13.0. The van der Waals surface area contributed by atoms with E-state index < -0.39 is 0 Å². The van der Waals surface area contributed by atoms with E-state index >= 15 is 0 Å². The first kappa shape index (κ1) is 21.2. The van der Waals surface area contributed by atoms with E-state index in [2.05, 4.69) is 15.1 Å². The standard InChI is InChI=1S/C24H35N3O3/c28-22-7-3-2-6-19(22)14-23(29)25-16-21-11-10-20(27(21)17-18-8-9-18)15-24(30)26-12-4-1-5-13-26/h2-3,6-7,18,20-21,28H,1,4-5,8-17H2,(H,25,29)/t20-,21+/m1/s1. The summed E-state index contributed by atoms with van der Waals surface area (Å²) in [7, 11) is 0. The molecule has 30 heavy (non-hydrogen) atoms. The molecular weight excluding hydrogens is 378 g/mol. The summed E-state index contributed by atoms with van der Waals surface area (Å²) in [4.78, 5) is 29.8. The van der Waals surface area contributed by atoms with Crippen LogP contribution in [-0.4, -0.2) is 65.0 Å². The fraction of sp³-hybridized carbons (Fsp3) is 0.667. The summed E-state index contributed by atoms with van der Waals surface area (Å²) in [5.41, 5.74) is 0.654. The van der Waals surface area contributed by atoms with Crippen molar-refractivity contribution in [1.29, 1.82) is 0 Å². The molecule has 4 rings (SSSR count). The number of benzene rings is 1. The molecule has 2 heterocycles. The predicted molar refractivity (Wildman–Crippen MR) is 116 cm³/mol. The minimum absolute atomic E-state index is 0.0595. The van der Waals surface area contributed by atoms with Gasteiger partial charge in [0.1, 0.15) is 5.75 Å². The monoisotopic (exact) mass is 413 g/mol. The number of phenolic OH excluding ortho intramolecular Hbond substituents is 1. The Morgan fingerprint density at radius 2 is 1.73 bits per heavy atom. The molecule has 164 valence electrons. The number of amides is 2. The van der Waals surface area contributed by atoms with Crippen LogP contribution in [0.4, 0.5) is 0 Å². The number of nitrogens with zero attached hydrogens (tertiary/aromatic N) is 2. The summed E-state index contributed by atoms with van der Waals surface area (Å²) in [6, 6.07) is 7.60. The lowest BCUT2D eigenvalue weighted by molar-refractivity contribution is -0.133. The third-order valence-corrected chi connectivity index (χ3v) is 6.93. The number of piperidine rings is 1. The molecule has 0 radical (unpaired) electrons. The molecule has 2 amide bonds. The van der Waals surface area contributed by atoms with Gasteiger partial charge >= 0.3 is 0 Å². The molecule has 0 spiro atoms. The van der Waals surface area contributed by atoms with Crippen molar-refractivity contribution in [3.05, 3.63) is 29.8 Å². The lowest BCUT2D eigenvalue weighted by Gasteiger charge is -2.33. The number of carbonyl (C=O) groups excluding carboxylic acids is 2. The topological polar surface area (TPSA) is 72.9 Å². The normalized spacial score (nSPS) is 24.7. The molecule has 3 aliphatic rings. The van der Waals surface area contributed by atoms with Gasteiger partial charge in [-0.05, 0) is 56.9 Å². The van der Waals surface area contributed by atoms with Crippen molar-refractivity contribution in [3.8, 4) is 5.75 Å². The Hall–Kier alpha value is -2.08. The molecule has 3 fully saturated rings. The molecule has 0 unspecified atom stereocenters. The Labute approximate surface area is 179 Å². The second-order valence-corrected chi connectivity index (χ2v) is 9.28. The number of nitrogens with one attached hydrogen (secondary N) is 1. The maximum Gasteiger partial charge on any atom is 0.224 e. The van der Waals surface area contributed by atoms with Gasteiger partial charge in [0.2, 0.25) is 11.8 Å². The van der Waals surface area contributed by atoms with E-state index in [-0.39, 0.29) is 18.1 Å². The quantitative estimate of drug-likeness (QED) is 0.687. The summed E-state index contributed by atoms with van der Waals surface area (Å²) in [6.07, 6.45) is 8.96. The van der Waals surface area contributed by atoms with Crippen LogP contribution in [0.15, 0.2) is 24.3 Å². The van der Waals surface area contributed by atoms with Gasteiger partial charge in [0.05, 0.1) is 6.42 Å². The van der Waals surface area contributed by atoms with Crippen molar-refractivity contribution in [3.63, 3.8) is 0 Å². The summed E-state index contributed by atoms with van der Waals surface area (Å²) >= 11 is 0. The minimum Gasteiger partial charge on any atom is -0.508 e. The van der Waals surface area contributed by atoms with Crippen LogP contribution < -0.4 is 5.32 Å². The Morgan fingerprint density at radius 1 is 1.00 bits per heavy atom. The van der Waals surface area contributed by atoms with Crippen LogP contribution in [0.1, 0.15) is 56.9 Å². The molecule has 6 heteroatoms. The number of para-hydroxylation sites is 1. The second-order valence-electron chi connectivity index (χ2n) is 9.28. The van der Waals surface area contributed by atoms with Crippen LogP contribution >= 0.6 is 0 Å². The maximum atomic E-state index is 12.8. The molecule has 1 saturated carbocycles. The molecule has 1 aromatic carbocycles. The van der Waals surface area contributed by atoms with Crippen molar-refractivity contribution < 1.29 is 14.7 Å². The third kappa shape index (κ3) is 5.54. The van der Waals surface area contributed by atoms with E-state index in [1.165, 1.54) is 19.3 Å². The molecule has 1 aromatic rings. The van der Waals surface area contributed by atoms with Crippen molar-refractivity contribution in [1.82, 2.24) is 15.1 Å². The van der Waals surface area contributed by atoms with Crippen LogP contribution in [0.5, 0.6) is 5.75 Å². The van der Waals surface area contributed by atoms with Crippen LogP contribution in [0.3, 0.4) is 0 Å². The van der Waals surface area contributed by atoms with Gasteiger partial charge in [-0.2, -0.15) is 0 Å². The van der Waals surface area contributed by atoms with E-state index in [1.54, 1.807) is 18.2 Å². The van der Waals surface area contributed by atoms with Crippen LogP contribution in [-0.2, 0) is 16.0 Å². The Morgan fingerprint density at radius 3 is 2.47 bits per heavy atom. The number of hydrogen-bond donors (Lipinski definition) is 2. The van der Waals surface area contributed by atoms with Gasteiger partial charge in [0.25, 0.3) is 0 Å². The first-order chi connectivity index (χ1) is 14.6. The maximum absolute atomic E-state index is 12.8. The zero-order chi connectivity index (χ0) is 20.9. The first-order valence-electron chi connectivity index (χ1n) is 11.7. The number of phenols is 1. The average Bonchev–Trinajstić information content (AvgIpc) is 3.50. The van der Waals surface area contributed by atoms with Crippen molar-refractivity contribution in [2.75, 3.05) is 26.2 Å². The second kappa shape index (κ2) is 9.82. The molecular formula is C24H35N3O3. The Bertz CT molecular complexity index is 743. The van der Waals surface area contributed by atoms with Crippen molar-refractivity contribution in [2.24, 2.45) is 5.92 Å². The predicted octanol–water partition coefficient (Wildman–Crippen LogP) is 2.70. The average molecular weight is 414 g/mol. The van der Waals surface area contributed by atoms with Crippen molar-refractivity contribution >= 4 is 11.8 Å². The molecule has 2 aliphatic heterocycles. The summed E-state index contributed by atoms with van der Waals surface area (Å²) in [6.45, 7) is 3.51. The zero-order valence-electron chi connectivity index (χ0n) is 17.9. The van der Waals surface area contributed by atoms with Crippen LogP contribution in [0.25, 0.3) is 0 Å². The molecule has 0 bridgehead atoms. The van der Waals surface area contributed by atoms with Gasteiger partial charge in [-0.15, -0.1) is 0 Å². The fourth-order valence-corrected chi connectivity index (χ4v) is 4.95. The van der Waals surface area contributed by atoms with E-state index in [0.29, 0.717) is 36.5 Å². The first-order valence-corrected chi connectivity index (χ1v) is 11.7.